The van der Waals surface area contributed by atoms with Crippen LogP contribution < -0.4 is 5.32 Å². The van der Waals surface area contributed by atoms with Gasteiger partial charge in [0.1, 0.15) is 11.6 Å². The van der Waals surface area contributed by atoms with Crippen LogP contribution in [0.15, 0.2) is 18.2 Å². The highest BCUT2D eigenvalue weighted by Crippen LogP contribution is 2.19. The Hall–Kier alpha value is -1.13. The minimum Gasteiger partial charge on any atom is -0.508 e. The highest BCUT2D eigenvalue weighted by molar-refractivity contribution is 5.28. The van der Waals surface area contributed by atoms with Gasteiger partial charge in [0, 0.05) is 18.7 Å². The van der Waals surface area contributed by atoms with Gasteiger partial charge < -0.3 is 10.4 Å². The molecule has 1 aliphatic heterocycles. The second-order valence-corrected chi connectivity index (χ2v) is 5.07. The molecule has 100 valence electrons. The molecule has 1 saturated heterocycles. The predicted molar refractivity (Wildman–Crippen MR) is 70.0 cm³/mol. The molecule has 18 heavy (non-hydrogen) atoms. The summed E-state index contributed by atoms with van der Waals surface area (Å²) in [6.45, 7) is 2.81. The molecule has 1 aliphatic rings. The van der Waals surface area contributed by atoms with Crippen molar-refractivity contribution in [3.8, 4) is 5.75 Å². The van der Waals surface area contributed by atoms with Gasteiger partial charge in [0.05, 0.1) is 0 Å². The fourth-order valence-corrected chi connectivity index (χ4v) is 2.58. The van der Waals surface area contributed by atoms with Crippen molar-refractivity contribution in [2.75, 3.05) is 20.1 Å². The van der Waals surface area contributed by atoms with E-state index in [1.807, 2.05) is 0 Å². The third-order valence-electron chi connectivity index (χ3n) is 3.54. The highest BCUT2D eigenvalue weighted by atomic mass is 19.1. The SMILES string of the molecule is CN(Cc1cc(O)cc(F)c1)C1CCCNCC1. The number of rotatable bonds is 3. The number of nitrogens with one attached hydrogen (secondary N) is 1. The van der Waals surface area contributed by atoms with Crippen LogP contribution in [0.5, 0.6) is 5.75 Å². The number of benzene rings is 1. The molecule has 1 unspecified atom stereocenters. The second kappa shape index (κ2) is 6.16. The third-order valence-corrected chi connectivity index (χ3v) is 3.54. The zero-order chi connectivity index (χ0) is 13.0. The topological polar surface area (TPSA) is 35.5 Å². The lowest BCUT2D eigenvalue weighted by atomic mass is 10.1. The van der Waals surface area contributed by atoms with E-state index < -0.39 is 0 Å². The van der Waals surface area contributed by atoms with Crippen molar-refractivity contribution in [2.24, 2.45) is 0 Å². The summed E-state index contributed by atoms with van der Waals surface area (Å²) < 4.78 is 13.2. The quantitative estimate of drug-likeness (QED) is 0.865. The number of phenols is 1. The number of aromatic hydroxyl groups is 1. The first-order valence-corrected chi connectivity index (χ1v) is 6.54. The Morgan fingerprint density at radius 1 is 1.33 bits per heavy atom. The summed E-state index contributed by atoms with van der Waals surface area (Å²) >= 11 is 0. The van der Waals surface area contributed by atoms with Crippen LogP contribution in [0.3, 0.4) is 0 Å². The van der Waals surface area contributed by atoms with Crippen LogP contribution in [-0.4, -0.2) is 36.2 Å². The van der Waals surface area contributed by atoms with E-state index in [1.165, 1.54) is 18.9 Å². The largest absolute Gasteiger partial charge is 0.508 e. The summed E-state index contributed by atoms with van der Waals surface area (Å²) in [6, 6.07) is 4.80. The predicted octanol–water partition coefficient (Wildman–Crippen LogP) is 2.11. The van der Waals surface area contributed by atoms with Gasteiger partial charge in [-0.1, -0.05) is 0 Å². The molecule has 1 fully saturated rings. The maximum atomic E-state index is 13.2. The fourth-order valence-electron chi connectivity index (χ4n) is 2.58. The maximum absolute atomic E-state index is 13.2. The fraction of sp³-hybridized carbons (Fsp3) is 0.571. The number of hydrogen-bond donors (Lipinski definition) is 2. The lowest BCUT2D eigenvalue weighted by Gasteiger charge is -2.26. The van der Waals surface area contributed by atoms with E-state index in [0.29, 0.717) is 12.6 Å². The van der Waals surface area contributed by atoms with Crippen LogP contribution in [0.25, 0.3) is 0 Å². The molecule has 2 rings (SSSR count). The minimum absolute atomic E-state index is 0.000864. The molecule has 0 amide bonds. The van der Waals surface area contributed by atoms with Gasteiger partial charge in [-0.15, -0.1) is 0 Å². The summed E-state index contributed by atoms with van der Waals surface area (Å²) in [5.41, 5.74) is 0.826. The van der Waals surface area contributed by atoms with Crippen molar-refractivity contribution < 1.29 is 9.50 Å². The first-order valence-electron chi connectivity index (χ1n) is 6.54. The van der Waals surface area contributed by atoms with Crippen LogP contribution in [0.2, 0.25) is 0 Å². The molecule has 0 aromatic heterocycles. The summed E-state index contributed by atoms with van der Waals surface area (Å²) in [6.07, 6.45) is 3.48. The minimum atomic E-state index is -0.374. The molecule has 2 N–H and O–H groups in total. The van der Waals surface area contributed by atoms with Gasteiger partial charge >= 0.3 is 0 Å². The van der Waals surface area contributed by atoms with E-state index in [0.717, 1.165) is 31.1 Å². The highest BCUT2D eigenvalue weighted by Gasteiger charge is 2.17. The molecule has 0 saturated carbocycles. The number of phenolic OH excluding ortho intramolecular Hbond substituents is 1. The van der Waals surface area contributed by atoms with E-state index in [9.17, 15) is 9.50 Å². The van der Waals surface area contributed by atoms with Gasteiger partial charge in [-0.05, 0) is 57.1 Å². The first kappa shape index (κ1) is 13.3. The second-order valence-electron chi connectivity index (χ2n) is 5.07. The van der Waals surface area contributed by atoms with Crippen molar-refractivity contribution in [2.45, 2.75) is 31.8 Å². The van der Waals surface area contributed by atoms with Crippen molar-refractivity contribution in [3.05, 3.63) is 29.6 Å². The van der Waals surface area contributed by atoms with Crippen LogP contribution in [-0.2, 0) is 6.54 Å². The van der Waals surface area contributed by atoms with Gasteiger partial charge in [0.25, 0.3) is 0 Å². The van der Waals surface area contributed by atoms with E-state index in [4.69, 9.17) is 0 Å². The Morgan fingerprint density at radius 3 is 2.94 bits per heavy atom. The molecule has 0 radical (unpaired) electrons. The lowest BCUT2D eigenvalue weighted by molar-refractivity contribution is 0.216. The monoisotopic (exact) mass is 252 g/mol. The molecule has 0 spiro atoms. The normalized spacial score (nSPS) is 20.9. The maximum Gasteiger partial charge on any atom is 0.127 e. The molecule has 0 bridgehead atoms. The van der Waals surface area contributed by atoms with Crippen LogP contribution in [0.1, 0.15) is 24.8 Å². The number of halogens is 1. The van der Waals surface area contributed by atoms with Crippen molar-refractivity contribution >= 4 is 0 Å². The first-order chi connectivity index (χ1) is 8.65. The van der Waals surface area contributed by atoms with Gasteiger partial charge in [0.15, 0.2) is 0 Å². The molecule has 1 atom stereocenters. The third kappa shape index (κ3) is 3.68. The number of hydrogen-bond acceptors (Lipinski definition) is 3. The molecule has 3 nitrogen and oxygen atoms in total. The van der Waals surface area contributed by atoms with Gasteiger partial charge in [-0.25, -0.2) is 4.39 Å². The molecule has 0 aliphatic carbocycles. The Bertz CT molecular complexity index is 369. The number of nitrogens with zero attached hydrogens (tertiary/aromatic N) is 1. The molecule has 4 heteroatoms. The Balaban J connectivity index is 1.98. The lowest BCUT2D eigenvalue weighted by Crippen LogP contribution is -2.32. The summed E-state index contributed by atoms with van der Waals surface area (Å²) in [5.74, 6) is -0.373. The zero-order valence-corrected chi connectivity index (χ0v) is 10.8. The van der Waals surface area contributed by atoms with Crippen LogP contribution >= 0.6 is 0 Å². The summed E-state index contributed by atoms with van der Waals surface area (Å²) in [5, 5.41) is 12.8. The van der Waals surface area contributed by atoms with Crippen molar-refractivity contribution in [1.29, 1.82) is 0 Å². The average Bonchev–Trinajstić information content (AvgIpc) is 2.55. The van der Waals surface area contributed by atoms with Crippen LogP contribution in [0, 0.1) is 5.82 Å². The summed E-state index contributed by atoms with van der Waals surface area (Å²) in [4.78, 5) is 2.25. The molecular formula is C14H21FN2O. The summed E-state index contributed by atoms with van der Waals surface area (Å²) in [7, 11) is 2.07. The Morgan fingerprint density at radius 2 is 2.17 bits per heavy atom. The smallest absolute Gasteiger partial charge is 0.127 e. The Kier molecular flexibility index (Phi) is 4.55. The zero-order valence-electron chi connectivity index (χ0n) is 10.8. The standard InChI is InChI=1S/C14H21FN2O/c1-17(13-3-2-5-16-6-4-13)10-11-7-12(15)9-14(18)8-11/h7-9,13,16,18H,2-6,10H2,1H3. The van der Waals surface area contributed by atoms with E-state index >= 15 is 0 Å². The van der Waals surface area contributed by atoms with E-state index in [1.54, 1.807) is 6.07 Å². The molecule has 1 aromatic rings. The Labute approximate surface area is 108 Å². The van der Waals surface area contributed by atoms with Crippen molar-refractivity contribution in [3.63, 3.8) is 0 Å². The molecular weight excluding hydrogens is 231 g/mol. The van der Waals surface area contributed by atoms with Gasteiger partial charge in [-0.2, -0.15) is 0 Å². The molecule has 1 heterocycles. The van der Waals surface area contributed by atoms with Crippen LogP contribution in [0.4, 0.5) is 4.39 Å². The van der Waals surface area contributed by atoms with Gasteiger partial charge in [-0.3, -0.25) is 4.90 Å². The van der Waals surface area contributed by atoms with Gasteiger partial charge in [0.2, 0.25) is 0 Å². The van der Waals surface area contributed by atoms with E-state index in [2.05, 4.69) is 17.3 Å². The molecule has 1 aromatic carbocycles. The van der Waals surface area contributed by atoms with Crippen molar-refractivity contribution in [1.82, 2.24) is 10.2 Å². The average molecular weight is 252 g/mol. The van der Waals surface area contributed by atoms with E-state index in [-0.39, 0.29) is 11.6 Å².